The van der Waals surface area contributed by atoms with Crippen LogP contribution >= 0.6 is 11.8 Å². The third kappa shape index (κ3) is 3.77. The molecule has 0 spiro atoms. The van der Waals surface area contributed by atoms with Crippen LogP contribution in [0.3, 0.4) is 0 Å². The number of aromatic nitrogens is 2. The highest BCUT2D eigenvalue weighted by atomic mass is 32.2. The monoisotopic (exact) mass is 390 g/mol. The number of nitrogens with one attached hydrogen (secondary N) is 1. The van der Waals surface area contributed by atoms with E-state index >= 15 is 0 Å². The highest BCUT2D eigenvalue weighted by molar-refractivity contribution is 7.99. The molecular formula is C22H18N2O3S. The van der Waals surface area contributed by atoms with Gasteiger partial charge < -0.3 is 9.40 Å². The van der Waals surface area contributed by atoms with Gasteiger partial charge in [0.2, 0.25) is 5.78 Å². The number of hydrogen-bond donors (Lipinski definition) is 1. The lowest BCUT2D eigenvalue weighted by Crippen LogP contribution is -2.16. The third-order valence-corrected chi connectivity index (χ3v) is 5.48. The van der Waals surface area contributed by atoms with E-state index < -0.39 is 0 Å². The molecule has 5 nitrogen and oxygen atoms in total. The summed E-state index contributed by atoms with van der Waals surface area (Å²) in [6, 6.07) is 17.6. The summed E-state index contributed by atoms with van der Waals surface area (Å²) in [5.74, 6) is 0.305. The molecule has 0 saturated heterocycles. The fraction of sp³-hybridized carbons (Fsp3) is 0.136. The molecule has 2 heterocycles. The molecule has 0 aliphatic carbocycles. The normalized spacial score (nSPS) is 11.0. The zero-order valence-electron chi connectivity index (χ0n) is 15.3. The Morgan fingerprint density at radius 3 is 2.75 bits per heavy atom. The third-order valence-electron chi connectivity index (χ3n) is 4.60. The zero-order chi connectivity index (χ0) is 19.5. The molecule has 4 rings (SSSR count). The first-order valence-electron chi connectivity index (χ1n) is 8.88. The Bertz CT molecular complexity index is 1190. The molecule has 0 bridgehead atoms. The average molecular weight is 390 g/mol. The van der Waals surface area contributed by atoms with Crippen LogP contribution in [-0.4, -0.2) is 21.5 Å². The molecule has 0 atom stereocenters. The van der Waals surface area contributed by atoms with E-state index in [4.69, 9.17) is 4.42 Å². The Hall–Kier alpha value is -3.12. The van der Waals surface area contributed by atoms with Crippen molar-refractivity contribution in [1.29, 1.82) is 0 Å². The number of H-pyrrole nitrogens is 1. The van der Waals surface area contributed by atoms with E-state index in [9.17, 15) is 9.59 Å². The molecule has 0 aliphatic rings. The number of furan rings is 1. The van der Waals surface area contributed by atoms with Gasteiger partial charge in [0, 0.05) is 12.0 Å². The summed E-state index contributed by atoms with van der Waals surface area (Å²) >= 11 is 1.20. The van der Waals surface area contributed by atoms with Crippen LogP contribution in [0.2, 0.25) is 0 Å². The van der Waals surface area contributed by atoms with Crippen molar-refractivity contribution in [2.45, 2.75) is 18.5 Å². The van der Waals surface area contributed by atoms with Crippen molar-refractivity contribution in [1.82, 2.24) is 9.97 Å². The van der Waals surface area contributed by atoms with Gasteiger partial charge in [-0.15, -0.1) is 0 Å². The van der Waals surface area contributed by atoms with Crippen LogP contribution < -0.4 is 5.56 Å². The van der Waals surface area contributed by atoms with E-state index in [0.717, 1.165) is 16.3 Å². The zero-order valence-corrected chi connectivity index (χ0v) is 16.1. The smallest absolute Gasteiger partial charge is 0.254 e. The molecule has 2 aromatic carbocycles. The highest BCUT2D eigenvalue weighted by Gasteiger charge is 2.14. The lowest BCUT2D eigenvalue weighted by atomic mass is 9.99. The summed E-state index contributed by atoms with van der Waals surface area (Å²) in [5, 5.41) is 2.74. The number of hydrogen-bond acceptors (Lipinski definition) is 5. The van der Waals surface area contributed by atoms with Crippen LogP contribution in [0.5, 0.6) is 0 Å². The van der Waals surface area contributed by atoms with Crippen molar-refractivity contribution in [3.05, 3.63) is 93.8 Å². The quantitative estimate of drug-likeness (QED) is 0.300. The lowest BCUT2D eigenvalue weighted by molar-refractivity contribution is 0.0992. The maximum absolute atomic E-state index is 12.4. The maximum Gasteiger partial charge on any atom is 0.254 e. The molecule has 0 amide bonds. The summed E-state index contributed by atoms with van der Waals surface area (Å²) in [6.07, 6.45) is 2.02. The van der Waals surface area contributed by atoms with Crippen LogP contribution in [0.4, 0.5) is 0 Å². The fourth-order valence-electron chi connectivity index (χ4n) is 3.07. The second kappa shape index (κ2) is 7.86. The van der Waals surface area contributed by atoms with Gasteiger partial charge in [0.05, 0.1) is 17.7 Å². The highest BCUT2D eigenvalue weighted by Crippen LogP contribution is 2.22. The van der Waals surface area contributed by atoms with Crippen molar-refractivity contribution >= 4 is 28.3 Å². The number of aromatic amines is 1. The molecule has 28 heavy (non-hydrogen) atoms. The van der Waals surface area contributed by atoms with Crippen molar-refractivity contribution in [3.63, 3.8) is 0 Å². The number of Topliss-reactive ketones (excluding diaryl/α,β-unsaturated/α-hetero) is 1. The van der Waals surface area contributed by atoms with Gasteiger partial charge in [0.15, 0.2) is 10.9 Å². The van der Waals surface area contributed by atoms with Crippen LogP contribution in [0.25, 0.3) is 10.8 Å². The molecule has 0 saturated carbocycles. The topological polar surface area (TPSA) is 76.0 Å². The van der Waals surface area contributed by atoms with Gasteiger partial charge in [-0.3, -0.25) is 9.59 Å². The summed E-state index contributed by atoms with van der Waals surface area (Å²) in [5.41, 5.74) is 2.24. The molecule has 0 unspecified atom stereocenters. The van der Waals surface area contributed by atoms with Gasteiger partial charge in [-0.25, -0.2) is 4.98 Å². The maximum atomic E-state index is 12.4. The van der Waals surface area contributed by atoms with Crippen molar-refractivity contribution < 1.29 is 9.21 Å². The van der Waals surface area contributed by atoms with E-state index in [-0.39, 0.29) is 17.1 Å². The number of thioether (sulfide) groups is 1. The first-order chi connectivity index (χ1) is 13.6. The lowest BCUT2D eigenvalue weighted by Gasteiger charge is -2.09. The molecule has 140 valence electrons. The predicted octanol–water partition coefficient (Wildman–Crippen LogP) is 4.39. The van der Waals surface area contributed by atoms with Crippen molar-refractivity contribution in [2.24, 2.45) is 0 Å². The number of rotatable bonds is 6. The van der Waals surface area contributed by atoms with Gasteiger partial charge in [-0.1, -0.05) is 54.2 Å². The van der Waals surface area contributed by atoms with Gasteiger partial charge in [0.25, 0.3) is 5.56 Å². The fourth-order valence-corrected chi connectivity index (χ4v) is 3.82. The van der Waals surface area contributed by atoms with E-state index in [1.54, 1.807) is 19.1 Å². The average Bonchev–Trinajstić information content (AvgIpc) is 3.25. The minimum absolute atomic E-state index is 0.145. The Labute approximate surface area is 165 Å². The van der Waals surface area contributed by atoms with E-state index in [1.165, 1.54) is 18.0 Å². The number of carbonyl (C=O) groups excluding carboxylic acids is 1. The van der Waals surface area contributed by atoms with Gasteiger partial charge in [0.1, 0.15) is 0 Å². The molecule has 0 aliphatic heterocycles. The molecule has 0 fully saturated rings. The summed E-state index contributed by atoms with van der Waals surface area (Å²) < 4.78 is 5.11. The molecule has 0 radical (unpaired) electrons. The van der Waals surface area contributed by atoms with Crippen molar-refractivity contribution in [3.8, 4) is 0 Å². The Morgan fingerprint density at radius 2 is 1.93 bits per heavy atom. The van der Waals surface area contributed by atoms with Gasteiger partial charge in [-0.2, -0.15) is 0 Å². The molecular weight excluding hydrogens is 372 g/mol. The largest absolute Gasteiger partial charge is 0.461 e. The number of carbonyl (C=O) groups is 1. The van der Waals surface area contributed by atoms with Crippen LogP contribution in [0.1, 0.15) is 27.4 Å². The van der Waals surface area contributed by atoms with Crippen LogP contribution in [0, 0.1) is 6.92 Å². The van der Waals surface area contributed by atoms with E-state index in [2.05, 4.69) is 34.2 Å². The van der Waals surface area contributed by atoms with Crippen LogP contribution in [-0.2, 0) is 6.42 Å². The molecule has 6 heteroatoms. The standard InChI is InChI=1S/C22H18N2O3S/c1-14-18(12-16-8-4-7-15-6-2-3-9-17(15)16)23-22(24-21(14)26)28-13-19(25)20-10-5-11-27-20/h2-11H,12-13H2,1H3,(H,23,24,26). The second-order valence-corrected chi connectivity index (χ2v) is 7.41. The Morgan fingerprint density at radius 1 is 1.11 bits per heavy atom. The SMILES string of the molecule is Cc1c(Cc2cccc3ccccc23)nc(SCC(=O)c2ccco2)[nH]c1=O. The summed E-state index contributed by atoms with van der Waals surface area (Å²) in [6.45, 7) is 1.77. The summed E-state index contributed by atoms with van der Waals surface area (Å²) in [7, 11) is 0. The molecule has 2 aromatic heterocycles. The van der Waals surface area contributed by atoms with Gasteiger partial charge in [-0.05, 0) is 35.4 Å². The van der Waals surface area contributed by atoms with E-state index in [1.807, 2.05) is 18.2 Å². The predicted molar refractivity (Wildman–Crippen MR) is 110 cm³/mol. The second-order valence-electron chi connectivity index (χ2n) is 6.45. The van der Waals surface area contributed by atoms with Gasteiger partial charge >= 0.3 is 0 Å². The first kappa shape index (κ1) is 18.3. The Balaban J connectivity index is 1.60. The number of fused-ring (bicyclic) bond motifs is 1. The number of nitrogens with zero attached hydrogens (tertiary/aromatic N) is 1. The Kier molecular flexibility index (Phi) is 5.12. The minimum Gasteiger partial charge on any atom is -0.461 e. The molecule has 4 aromatic rings. The first-order valence-corrected chi connectivity index (χ1v) is 9.86. The number of benzene rings is 2. The number of ketones is 1. The van der Waals surface area contributed by atoms with E-state index in [0.29, 0.717) is 28.6 Å². The van der Waals surface area contributed by atoms with Crippen molar-refractivity contribution in [2.75, 3.05) is 5.75 Å². The summed E-state index contributed by atoms with van der Waals surface area (Å²) in [4.78, 5) is 31.9. The van der Waals surface area contributed by atoms with Crippen LogP contribution in [0.15, 0.2) is 75.2 Å². The minimum atomic E-state index is -0.182. The molecule has 1 N–H and O–H groups in total.